The molecule has 1 atom stereocenters. The van der Waals surface area contributed by atoms with Crippen molar-refractivity contribution in [1.82, 2.24) is 4.90 Å². The molecule has 2 aliphatic heterocycles. The average Bonchev–Trinajstić information content (AvgIpc) is 3.22. The molecular weight excluding hydrogens is 395 g/mol. The third-order valence-electron chi connectivity index (χ3n) is 4.77. The maximum atomic E-state index is 13.7. The minimum Gasteiger partial charge on any atom is -0.497 e. The molecule has 1 unspecified atom stereocenters. The molecule has 7 nitrogen and oxygen atoms in total. The topological polar surface area (TPSA) is 78.5 Å². The van der Waals surface area contributed by atoms with Gasteiger partial charge in [0.1, 0.15) is 11.6 Å². The molecule has 0 saturated carbocycles. The van der Waals surface area contributed by atoms with E-state index >= 15 is 0 Å². The first-order valence-corrected chi connectivity index (χ1v) is 9.26. The van der Waals surface area contributed by atoms with E-state index < -0.39 is 6.29 Å². The van der Waals surface area contributed by atoms with Crippen LogP contribution in [0.5, 0.6) is 5.75 Å². The van der Waals surface area contributed by atoms with Crippen LogP contribution in [0.4, 0.5) is 15.8 Å². The van der Waals surface area contributed by atoms with Crippen LogP contribution in [0.15, 0.2) is 58.5 Å². The molecule has 0 aromatic heterocycles. The van der Waals surface area contributed by atoms with Crippen LogP contribution < -0.4 is 20.7 Å². The number of anilines is 2. The fraction of sp³-hybridized carbons (Fsp3) is 0.300. The highest BCUT2D eigenvalue weighted by Gasteiger charge is 2.32. The number of halogens is 2. The number of nitrogens with zero attached hydrogens (tertiary/aromatic N) is 4. The molecule has 4 rings (SSSR count). The highest BCUT2D eigenvalue weighted by molar-refractivity contribution is 6.06. The van der Waals surface area contributed by atoms with Crippen LogP contribution in [0.2, 0.25) is 0 Å². The number of methoxy groups -OCH3 is 1. The molecule has 1 saturated heterocycles. The minimum atomic E-state index is -0.568. The van der Waals surface area contributed by atoms with Crippen molar-refractivity contribution < 1.29 is 9.13 Å². The van der Waals surface area contributed by atoms with Gasteiger partial charge in [0.05, 0.1) is 12.8 Å². The molecule has 154 valence electrons. The summed E-state index contributed by atoms with van der Waals surface area (Å²) in [5.74, 6) is 1.33. The molecule has 2 aromatic carbocycles. The van der Waals surface area contributed by atoms with Gasteiger partial charge in [-0.3, -0.25) is 4.90 Å². The van der Waals surface area contributed by atoms with E-state index in [1.165, 1.54) is 12.1 Å². The van der Waals surface area contributed by atoms with Gasteiger partial charge in [0, 0.05) is 24.8 Å². The normalized spacial score (nSPS) is 18.6. The summed E-state index contributed by atoms with van der Waals surface area (Å²) in [6.07, 6.45) is 1.63. The number of nitrogens with two attached hydrogens (primary N) is 1. The van der Waals surface area contributed by atoms with Crippen LogP contribution in [0.3, 0.4) is 0 Å². The predicted molar refractivity (Wildman–Crippen MR) is 116 cm³/mol. The number of likely N-dealkylation sites (tertiary alicyclic amines) is 1. The lowest BCUT2D eigenvalue weighted by molar-refractivity contribution is 0.414. The number of aliphatic imine (C=N–C) groups is 2. The Labute approximate surface area is 175 Å². The summed E-state index contributed by atoms with van der Waals surface area (Å²) >= 11 is 0. The van der Waals surface area contributed by atoms with Gasteiger partial charge < -0.3 is 20.7 Å². The molecule has 3 N–H and O–H groups in total. The van der Waals surface area contributed by atoms with Crippen molar-refractivity contribution >= 4 is 35.7 Å². The molecule has 2 aromatic rings. The summed E-state index contributed by atoms with van der Waals surface area (Å²) in [6.45, 7) is 1.80. The van der Waals surface area contributed by atoms with E-state index in [2.05, 4.69) is 20.2 Å². The second-order valence-corrected chi connectivity index (χ2v) is 6.69. The number of hydrogen-bond acceptors (Lipinski definition) is 7. The van der Waals surface area contributed by atoms with Gasteiger partial charge in [0.25, 0.3) is 0 Å². The molecule has 0 amide bonds. The van der Waals surface area contributed by atoms with Crippen molar-refractivity contribution in [2.24, 2.45) is 15.7 Å². The van der Waals surface area contributed by atoms with Crippen LogP contribution in [-0.2, 0) is 0 Å². The van der Waals surface area contributed by atoms with Gasteiger partial charge >= 0.3 is 0 Å². The van der Waals surface area contributed by atoms with Crippen LogP contribution in [0, 0.1) is 5.82 Å². The van der Waals surface area contributed by atoms with E-state index in [-0.39, 0.29) is 24.2 Å². The SMILES string of the molecule is COc1cccc(N2C(N3CCCC3)=NC(N)=NC2Nc2cccc(F)c2)c1.Cl. The smallest absolute Gasteiger partial charge is 0.222 e. The number of rotatable bonds is 4. The van der Waals surface area contributed by atoms with Crippen LogP contribution in [-0.4, -0.2) is 43.3 Å². The highest BCUT2D eigenvalue weighted by Crippen LogP contribution is 2.28. The molecule has 2 heterocycles. The number of hydrogen-bond donors (Lipinski definition) is 2. The Morgan fingerprint density at radius 1 is 1.14 bits per heavy atom. The molecule has 29 heavy (non-hydrogen) atoms. The standard InChI is InChI=1S/C20H23FN6O.ClH/c1-28-17-9-5-8-16(13-17)27-19(23-15-7-4-6-14(21)12-15)24-18(22)25-20(27)26-10-2-3-11-26;/h4-9,12-13,19,23H,2-3,10-11H2,1H3,(H2,22,24);1H. The first-order valence-electron chi connectivity index (χ1n) is 9.26. The van der Waals surface area contributed by atoms with E-state index in [1.54, 1.807) is 19.2 Å². The number of benzene rings is 2. The van der Waals surface area contributed by atoms with Crippen LogP contribution in [0.25, 0.3) is 0 Å². The third kappa shape index (κ3) is 4.54. The molecular formula is C20H24ClFN6O. The van der Waals surface area contributed by atoms with Gasteiger partial charge in [0.15, 0.2) is 0 Å². The summed E-state index contributed by atoms with van der Waals surface area (Å²) in [6, 6.07) is 14.0. The lowest BCUT2D eigenvalue weighted by atomic mass is 10.2. The molecule has 0 radical (unpaired) electrons. The molecule has 0 aliphatic carbocycles. The summed E-state index contributed by atoms with van der Waals surface area (Å²) < 4.78 is 19.1. The zero-order chi connectivity index (χ0) is 19.5. The van der Waals surface area contributed by atoms with Crippen molar-refractivity contribution in [3.8, 4) is 5.75 Å². The predicted octanol–water partition coefficient (Wildman–Crippen LogP) is 3.24. The van der Waals surface area contributed by atoms with Crippen molar-refractivity contribution in [1.29, 1.82) is 0 Å². The fourth-order valence-electron chi connectivity index (χ4n) is 3.46. The molecule has 0 bridgehead atoms. The van der Waals surface area contributed by atoms with Gasteiger partial charge in [-0.25, -0.2) is 9.38 Å². The fourth-order valence-corrected chi connectivity index (χ4v) is 3.46. The van der Waals surface area contributed by atoms with Crippen LogP contribution >= 0.6 is 12.4 Å². The van der Waals surface area contributed by atoms with Gasteiger partial charge in [-0.1, -0.05) is 12.1 Å². The van der Waals surface area contributed by atoms with E-state index in [9.17, 15) is 4.39 Å². The second kappa shape index (κ2) is 9.00. The lowest BCUT2D eigenvalue weighted by Crippen LogP contribution is -2.54. The Kier molecular flexibility index (Phi) is 6.43. The number of nitrogens with one attached hydrogen (secondary N) is 1. The first kappa shape index (κ1) is 20.7. The Hall–Kier alpha value is -3.00. The summed E-state index contributed by atoms with van der Waals surface area (Å²) in [5.41, 5.74) is 7.50. The average molecular weight is 419 g/mol. The number of ether oxygens (including phenoxy) is 1. The Balaban J connectivity index is 0.00000240. The van der Waals surface area contributed by atoms with Gasteiger partial charge in [-0.15, -0.1) is 12.4 Å². The lowest BCUT2D eigenvalue weighted by Gasteiger charge is -2.38. The molecule has 9 heteroatoms. The molecule has 0 spiro atoms. The Bertz CT molecular complexity index is 915. The summed E-state index contributed by atoms with van der Waals surface area (Å²) in [4.78, 5) is 13.2. The van der Waals surface area contributed by atoms with Crippen molar-refractivity contribution in [3.63, 3.8) is 0 Å². The number of guanidine groups is 2. The largest absolute Gasteiger partial charge is 0.497 e. The van der Waals surface area contributed by atoms with Gasteiger partial charge in [0.2, 0.25) is 18.2 Å². The van der Waals surface area contributed by atoms with Gasteiger partial charge in [-0.2, -0.15) is 4.99 Å². The first-order chi connectivity index (χ1) is 13.6. The van der Waals surface area contributed by atoms with E-state index in [0.717, 1.165) is 43.3 Å². The zero-order valence-corrected chi connectivity index (χ0v) is 16.9. The Morgan fingerprint density at radius 3 is 2.62 bits per heavy atom. The molecule has 1 fully saturated rings. The van der Waals surface area contributed by atoms with Crippen LogP contribution in [0.1, 0.15) is 12.8 Å². The second-order valence-electron chi connectivity index (χ2n) is 6.69. The maximum Gasteiger partial charge on any atom is 0.222 e. The highest BCUT2D eigenvalue weighted by atomic mass is 35.5. The molecule has 2 aliphatic rings. The van der Waals surface area contributed by atoms with E-state index in [0.29, 0.717) is 5.69 Å². The van der Waals surface area contributed by atoms with Crippen molar-refractivity contribution in [2.75, 3.05) is 30.4 Å². The maximum absolute atomic E-state index is 13.7. The monoisotopic (exact) mass is 418 g/mol. The van der Waals surface area contributed by atoms with E-state index in [1.807, 2.05) is 29.2 Å². The quantitative estimate of drug-likeness (QED) is 0.796. The van der Waals surface area contributed by atoms with E-state index in [4.69, 9.17) is 10.5 Å². The van der Waals surface area contributed by atoms with Crippen molar-refractivity contribution in [3.05, 3.63) is 54.3 Å². The zero-order valence-electron chi connectivity index (χ0n) is 16.1. The Morgan fingerprint density at radius 2 is 1.90 bits per heavy atom. The van der Waals surface area contributed by atoms with Gasteiger partial charge in [-0.05, 0) is 43.2 Å². The van der Waals surface area contributed by atoms with Crippen molar-refractivity contribution in [2.45, 2.75) is 19.1 Å². The summed E-state index contributed by atoms with van der Waals surface area (Å²) in [5, 5.41) is 3.26. The summed E-state index contributed by atoms with van der Waals surface area (Å²) in [7, 11) is 1.63. The minimum absolute atomic E-state index is 0. The third-order valence-corrected chi connectivity index (χ3v) is 4.77.